The molecule has 1 aromatic carbocycles. The number of amides is 3. The fourth-order valence-corrected chi connectivity index (χ4v) is 7.29. The minimum Gasteiger partial charge on any atom is -0.365 e. The molecule has 12 heteroatoms. The number of thiophene rings is 1. The van der Waals surface area contributed by atoms with Gasteiger partial charge in [0.1, 0.15) is 5.00 Å². The second-order valence-electron chi connectivity index (χ2n) is 8.41. The second kappa shape index (κ2) is 9.65. The number of nitrogens with one attached hydrogen (secondary N) is 1. The number of piperidine rings is 1. The molecule has 2 aromatic rings. The van der Waals surface area contributed by atoms with Crippen molar-refractivity contribution in [2.45, 2.75) is 37.6 Å². The van der Waals surface area contributed by atoms with Gasteiger partial charge in [-0.15, -0.1) is 11.3 Å². The zero-order valence-corrected chi connectivity index (χ0v) is 20.9. The van der Waals surface area contributed by atoms with Gasteiger partial charge in [0.25, 0.3) is 5.91 Å². The van der Waals surface area contributed by atoms with Gasteiger partial charge < -0.3 is 16.0 Å². The average molecular weight is 525 g/mol. The number of carbonyl (C=O) groups is 3. The van der Waals surface area contributed by atoms with Crippen LogP contribution in [0.4, 0.5) is 5.00 Å². The van der Waals surface area contributed by atoms with Crippen LogP contribution in [0.25, 0.3) is 0 Å². The van der Waals surface area contributed by atoms with Gasteiger partial charge in [0.05, 0.1) is 22.9 Å². The molecule has 0 bridgehead atoms. The molecule has 3 heterocycles. The summed E-state index contributed by atoms with van der Waals surface area (Å²) in [5.41, 5.74) is 6.67. The Morgan fingerprint density at radius 3 is 2.53 bits per heavy atom. The number of anilines is 1. The Morgan fingerprint density at radius 2 is 1.88 bits per heavy atom. The predicted octanol–water partition coefficient (Wildman–Crippen LogP) is 2.44. The van der Waals surface area contributed by atoms with Crippen LogP contribution in [0.3, 0.4) is 0 Å². The van der Waals surface area contributed by atoms with Crippen LogP contribution in [-0.4, -0.2) is 55.0 Å². The number of carbonyl (C=O) groups excluding carboxylic acids is 3. The average Bonchev–Trinajstić information content (AvgIpc) is 3.16. The molecule has 0 aliphatic carbocycles. The molecule has 1 fully saturated rings. The van der Waals surface area contributed by atoms with Crippen molar-refractivity contribution in [1.82, 2.24) is 9.21 Å². The van der Waals surface area contributed by atoms with Crippen molar-refractivity contribution >= 4 is 55.7 Å². The lowest BCUT2D eigenvalue weighted by atomic mass is 9.98. The molecule has 9 nitrogen and oxygen atoms in total. The molecule has 1 atom stereocenters. The number of benzene rings is 1. The predicted molar refractivity (Wildman–Crippen MR) is 129 cm³/mol. The Hall–Kier alpha value is -2.47. The number of halogens is 1. The van der Waals surface area contributed by atoms with Gasteiger partial charge >= 0.3 is 0 Å². The van der Waals surface area contributed by atoms with Crippen LogP contribution in [0.15, 0.2) is 29.2 Å². The van der Waals surface area contributed by atoms with Crippen molar-refractivity contribution in [3.05, 3.63) is 45.3 Å². The van der Waals surface area contributed by atoms with E-state index in [2.05, 4.69) is 5.32 Å². The first-order valence-corrected chi connectivity index (χ1v) is 13.5. The van der Waals surface area contributed by atoms with Gasteiger partial charge in [-0.25, -0.2) is 8.42 Å². The van der Waals surface area contributed by atoms with E-state index in [1.54, 1.807) is 4.90 Å². The standard InChI is InChI=1S/C22H25ClN4O5S2/c1-13(28)26-10-8-17-18(12-26)33-22(19(17)20(24)29)25-21(30)14-3-2-9-27(11-14)34(31,32)16-6-4-15(23)5-7-16/h4-7,14H,2-3,8-12H2,1H3,(H2,24,29)(H,25,30). The van der Waals surface area contributed by atoms with Crippen LogP contribution in [0.1, 0.15) is 40.6 Å². The number of hydrogen-bond acceptors (Lipinski definition) is 6. The molecule has 3 N–H and O–H groups in total. The van der Waals surface area contributed by atoms with E-state index in [0.29, 0.717) is 48.9 Å². The zero-order chi connectivity index (χ0) is 24.6. The molecular formula is C22H25ClN4O5S2. The van der Waals surface area contributed by atoms with Crippen LogP contribution < -0.4 is 11.1 Å². The van der Waals surface area contributed by atoms with Crippen molar-refractivity contribution in [2.75, 3.05) is 25.0 Å². The largest absolute Gasteiger partial charge is 0.365 e. The van der Waals surface area contributed by atoms with Crippen molar-refractivity contribution in [3.8, 4) is 0 Å². The molecule has 34 heavy (non-hydrogen) atoms. The Morgan fingerprint density at radius 1 is 1.18 bits per heavy atom. The molecule has 182 valence electrons. The number of nitrogens with zero attached hydrogens (tertiary/aromatic N) is 2. The first-order valence-electron chi connectivity index (χ1n) is 10.8. The summed E-state index contributed by atoms with van der Waals surface area (Å²) in [6, 6.07) is 5.92. The lowest BCUT2D eigenvalue weighted by molar-refractivity contribution is -0.129. The van der Waals surface area contributed by atoms with E-state index in [-0.39, 0.29) is 28.8 Å². The number of sulfonamides is 1. The maximum atomic E-state index is 13.1. The summed E-state index contributed by atoms with van der Waals surface area (Å²) in [6.07, 6.45) is 1.53. The van der Waals surface area contributed by atoms with E-state index >= 15 is 0 Å². The lowest BCUT2D eigenvalue weighted by Gasteiger charge is -2.31. The lowest BCUT2D eigenvalue weighted by Crippen LogP contribution is -2.43. The molecule has 2 aliphatic heterocycles. The first-order chi connectivity index (χ1) is 16.1. The number of primary amides is 1. The molecule has 4 rings (SSSR count). The second-order valence-corrected chi connectivity index (χ2v) is 11.9. The van der Waals surface area contributed by atoms with Crippen molar-refractivity contribution in [2.24, 2.45) is 11.7 Å². The highest BCUT2D eigenvalue weighted by Crippen LogP contribution is 2.37. The quantitative estimate of drug-likeness (QED) is 0.620. The summed E-state index contributed by atoms with van der Waals surface area (Å²) in [7, 11) is -3.77. The van der Waals surface area contributed by atoms with Gasteiger partial charge in [0.15, 0.2) is 0 Å². The third-order valence-corrected chi connectivity index (χ3v) is 9.46. The third kappa shape index (κ3) is 4.83. The van der Waals surface area contributed by atoms with E-state index in [9.17, 15) is 22.8 Å². The van der Waals surface area contributed by atoms with Gasteiger partial charge in [0, 0.05) is 36.5 Å². The number of nitrogens with two attached hydrogens (primary N) is 1. The third-order valence-electron chi connectivity index (χ3n) is 6.19. The normalized spacial score (nSPS) is 18.9. The highest BCUT2D eigenvalue weighted by atomic mass is 35.5. The van der Waals surface area contributed by atoms with Crippen LogP contribution in [0.5, 0.6) is 0 Å². The van der Waals surface area contributed by atoms with Gasteiger partial charge in [-0.2, -0.15) is 4.31 Å². The van der Waals surface area contributed by atoms with Gasteiger partial charge in [0.2, 0.25) is 21.8 Å². The highest BCUT2D eigenvalue weighted by molar-refractivity contribution is 7.89. The minimum atomic E-state index is -3.77. The zero-order valence-electron chi connectivity index (χ0n) is 18.5. The molecule has 1 saturated heterocycles. The summed E-state index contributed by atoms with van der Waals surface area (Å²) in [4.78, 5) is 39.7. The van der Waals surface area contributed by atoms with Crippen LogP contribution in [0.2, 0.25) is 5.02 Å². The van der Waals surface area contributed by atoms with Crippen molar-refractivity contribution in [1.29, 1.82) is 0 Å². The molecule has 3 amide bonds. The summed E-state index contributed by atoms with van der Waals surface area (Å²) in [5.74, 6) is -1.64. The van der Waals surface area contributed by atoms with Crippen molar-refractivity contribution < 1.29 is 22.8 Å². The van der Waals surface area contributed by atoms with E-state index in [4.69, 9.17) is 17.3 Å². The SMILES string of the molecule is CC(=O)N1CCc2c(sc(NC(=O)C3CCCN(S(=O)(=O)c4ccc(Cl)cc4)C3)c2C(N)=O)C1. The molecule has 2 aliphatic rings. The summed E-state index contributed by atoms with van der Waals surface area (Å²) in [5, 5.41) is 3.61. The van der Waals surface area contributed by atoms with Crippen LogP contribution in [0, 0.1) is 5.92 Å². The van der Waals surface area contributed by atoms with Crippen LogP contribution >= 0.6 is 22.9 Å². The maximum Gasteiger partial charge on any atom is 0.251 e. The summed E-state index contributed by atoms with van der Waals surface area (Å²) >= 11 is 7.11. The minimum absolute atomic E-state index is 0.0336. The Kier molecular flexibility index (Phi) is 6.99. The Balaban J connectivity index is 1.52. The molecule has 1 unspecified atom stereocenters. The fraction of sp³-hybridized carbons (Fsp3) is 0.409. The van der Waals surface area contributed by atoms with Gasteiger partial charge in [-0.3, -0.25) is 14.4 Å². The summed E-state index contributed by atoms with van der Waals surface area (Å²) in [6.45, 7) is 2.68. The molecular weight excluding hydrogens is 500 g/mol. The number of fused-ring (bicyclic) bond motifs is 1. The monoisotopic (exact) mass is 524 g/mol. The number of hydrogen-bond donors (Lipinski definition) is 2. The summed E-state index contributed by atoms with van der Waals surface area (Å²) < 4.78 is 27.4. The smallest absolute Gasteiger partial charge is 0.251 e. The van der Waals surface area contributed by atoms with E-state index in [1.807, 2.05) is 0 Å². The van der Waals surface area contributed by atoms with E-state index < -0.39 is 21.8 Å². The van der Waals surface area contributed by atoms with Gasteiger partial charge in [-0.05, 0) is 49.1 Å². The van der Waals surface area contributed by atoms with E-state index in [0.717, 1.165) is 10.4 Å². The molecule has 1 aromatic heterocycles. The molecule has 0 saturated carbocycles. The topological polar surface area (TPSA) is 130 Å². The Bertz CT molecular complexity index is 1240. The Labute approximate surface area is 206 Å². The van der Waals surface area contributed by atoms with Gasteiger partial charge in [-0.1, -0.05) is 11.6 Å². The van der Waals surface area contributed by atoms with Crippen molar-refractivity contribution in [3.63, 3.8) is 0 Å². The number of rotatable bonds is 5. The molecule has 0 spiro atoms. The van der Waals surface area contributed by atoms with E-state index in [1.165, 1.54) is 46.8 Å². The first kappa shape index (κ1) is 24.6. The highest BCUT2D eigenvalue weighted by Gasteiger charge is 2.35. The van der Waals surface area contributed by atoms with Crippen LogP contribution in [-0.2, 0) is 32.6 Å². The fourth-order valence-electron chi connectivity index (χ4n) is 4.37. The molecule has 0 radical (unpaired) electrons. The maximum absolute atomic E-state index is 13.1.